The first-order valence-corrected chi connectivity index (χ1v) is 14.1. The minimum absolute atomic E-state index is 0.130. The Morgan fingerprint density at radius 1 is 1.05 bits per heavy atom. The molecule has 2 aromatic heterocycles. The fourth-order valence-corrected chi connectivity index (χ4v) is 5.69. The number of thiazole rings is 1. The summed E-state index contributed by atoms with van der Waals surface area (Å²) in [6.45, 7) is 7.23. The van der Waals surface area contributed by atoms with Gasteiger partial charge in [-0.2, -0.15) is 0 Å². The molecule has 0 aliphatic heterocycles. The van der Waals surface area contributed by atoms with E-state index in [-0.39, 0.29) is 5.56 Å². The van der Waals surface area contributed by atoms with Crippen LogP contribution in [0, 0.1) is 12.8 Å². The number of nitrogens with zero attached hydrogens (tertiary/aromatic N) is 4. The van der Waals surface area contributed by atoms with Crippen LogP contribution in [0.4, 0.5) is 5.69 Å². The van der Waals surface area contributed by atoms with Gasteiger partial charge < -0.3 is 14.0 Å². The van der Waals surface area contributed by atoms with E-state index in [2.05, 4.69) is 23.8 Å². The van der Waals surface area contributed by atoms with Crippen LogP contribution >= 0.6 is 11.3 Å². The lowest BCUT2D eigenvalue weighted by atomic mass is 9.99. The minimum atomic E-state index is -0.130. The second-order valence-electron chi connectivity index (χ2n) is 9.52. The molecular formula is C30H38N4O3S. The zero-order valence-corrected chi connectivity index (χ0v) is 24.0. The molecule has 7 nitrogen and oxygen atoms in total. The minimum Gasteiger partial charge on any atom is -0.497 e. The maximum atomic E-state index is 13.6. The molecule has 0 saturated heterocycles. The Kier molecular flexibility index (Phi) is 8.94. The van der Waals surface area contributed by atoms with Gasteiger partial charge in [0.1, 0.15) is 11.5 Å². The number of rotatable bonds is 11. The fraction of sp³-hybridized carbons (Fsp3) is 0.400. The van der Waals surface area contributed by atoms with Gasteiger partial charge in [0.15, 0.2) is 10.5 Å². The molecule has 0 amide bonds. The highest BCUT2D eigenvalue weighted by atomic mass is 32.1. The molecule has 4 rings (SSSR count). The average molecular weight is 535 g/mol. The Labute approximate surface area is 228 Å². The van der Waals surface area contributed by atoms with Crippen molar-refractivity contribution in [1.82, 2.24) is 13.9 Å². The summed E-state index contributed by atoms with van der Waals surface area (Å²) in [6, 6.07) is 15.5. The van der Waals surface area contributed by atoms with Crippen molar-refractivity contribution in [3.8, 4) is 28.4 Å². The second-order valence-corrected chi connectivity index (χ2v) is 10.4. The first kappa shape index (κ1) is 27.5. The van der Waals surface area contributed by atoms with Gasteiger partial charge in [-0.05, 0) is 49.6 Å². The van der Waals surface area contributed by atoms with E-state index in [9.17, 15) is 4.79 Å². The van der Waals surface area contributed by atoms with Crippen LogP contribution in [0.3, 0.4) is 0 Å². The first-order valence-electron chi connectivity index (χ1n) is 13.2. The van der Waals surface area contributed by atoms with E-state index in [0.717, 1.165) is 58.3 Å². The van der Waals surface area contributed by atoms with E-state index in [1.165, 1.54) is 12.8 Å². The van der Waals surface area contributed by atoms with Gasteiger partial charge in [-0.15, -0.1) is 11.3 Å². The lowest BCUT2D eigenvalue weighted by Crippen LogP contribution is -2.22. The highest BCUT2D eigenvalue weighted by Gasteiger charge is 2.20. The van der Waals surface area contributed by atoms with Crippen LogP contribution in [0.2, 0.25) is 0 Å². The van der Waals surface area contributed by atoms with Crippen LogP contribution in [0.1, 0.15) is 45.2 Å². The van der Waals surface area contributed by atoms with Crippen LogP contribution in [0.25, 0.3) is 16.9 Å². The summed E-state index contributed by atoms with van der Waals surface area (Å²) in [6.07, 6.45) is 4.57. The second kappa shape index (κ2) is 12.3. The van der Waals surface area contributed by atoms with E-state index in [1.807, 2.05) is 67.2 Å². The zero-order chi connectivity index (χ0) is 27.2. The molecule has 0 aliphatic carbocycles. The van der Waals surface area contributed by atoms with Crippen molar-refractivity contribution in [2.45, 2.75) is 53.0 Å². The summed E-state index contributed by atoms with van der Waals surface area (Å²) in [5.74, 6) is 2.03. The largest absolute Gasteiger partial charge is 0.497 e. The maximum absolute atomic E-state index is 13.6. The Bertz CT molecular complexity index is 1490. The van der Waals surface area contributed by atoms with Crippen LogP contribution < -0.4 is 19.8 Å². The number of methoxy groups -OCH3 is 2. The zero-order valence-electron chi connectivity index (χ0n) is 23.2. The Balaban J connectivity index is 1.92. The van der Waals surface area contributed by atoms with Crippen molar-refractivity contribution in [2.24, 2.45) is 18.0 Å². The fourth-order valence-electron chi connectivity index (χ4n) is 4.78. The van der Waals surface area contributed by atoms with Crippen LogP contribution in [0.15, 0.2) is 63.7 Å². The number of benzene rings is 2. The van der Waals surface area contributed by atoms with Gasteiger partial charge in [0, 0.05) is 24.5 Å². The molecule has 1 atom stereocenters. The van der Waals surface area contributed by atoms with Crippen molar-refractivity contribution < 1.29 is 9.47 Å². The molecule has 0 spiro atoms. The monoisotopic (exact) mass is 534 g/mol. The number of hydrogen-bond donors (Lipinski definition) is 0. The average Bonchev–Trinajstić information content (AvgIpc) is 3.43. The van der Waals surface area contributed by atoms with Crippen LogP contribution in [0.5, 0.6) is 11.5 Å². The molecule has 4 aromatic rings. The molecule has 1 unspecified atom stereocenters. The van der Waals surface area contributed by atoms with Crippen molar-refractivity contribution in [2.75, 3.05) is 14.2 Å². The van der Waals surface area contributed by atoms with Gasteiger partial charge in [0.05, 0.1) is 31.3 Å². The summed E-state index contributed by atoms with van der Waals surface area (Å²) >= 11 is 1.55. The highest BCUT2D eigenvalue weighted by molar-refractivity contribution is 7.07. The molecule has 0 fully saturated rings. The molecule has 2 heterocycles. The molecule has 0 radical (unpaired) electrons. The van der Waals surface area contributed by atoms with E-state index in [4.69, 9.17) is 14.5 Å². The van der Waals surface area contributed by atoms with Crippen LogP contribution in [-0.2, 0) is 13.6 Å². The normalized spacial score (nSPS) is 12.6. The lowest BCUT2D eigenvalue weighted by molar-refractivity contribution is 0.387. The van der Waals surface area contributed by atoms with Gasteiger partial charge >= 0.3 is 0 Å². The van der Waals surface area contributed by atoms with Gasteiger partial charge in [0.2, 0.25) is 0 Å². The van der Waals surface area contributed by atoms with Crippen molar-refractivity contribution >= 4 is 17.0 Å². The molecule has 0 bridgehead atoms. The quantitative estimate of drug-likeness (QED) is 0.221. The van der Waals surface area contributed by atoms with Gasteiger partial charge in [-0.1, -0.05) is 51.3 Å². The number of ether oxygens (including phenoxy) is 2. The molecule has 0 N–H and O–H groups in total. The standard InChI is InChI=1S/C30H38N4O3S/c1-7-9-13-22(8-2)19-33-26(25-18-24(36-5)16-17-27(25)37-6)20-38-30(33)31-28-21(3)32(4)34(29(28)35)23-14-11-10-12-15-23/h10-12,14-18,20,22H,7-9,13,19H2,1-6H3. The van der Waals surface area contributed by atoms with Crippen LogP contribution in [-0.4, -0.2) is 28.2 Å². The maximum Gasteiger partial charge on any atom is 0.297 e. The summed E-state index contributed by atoms with van der Waals surface area (Å²) in [5.41, 5.74) is 3.92. The third kappa shape index (κ3) is 5.50. The van der Waals surface area contributed by atoms with Crippen molar-refractivity contribution in [3.63, 3.8) is 0 Å². The molecular weight excluding hydrogens is 496 g/mol. The number of aromatic nitrogens is 3. The predicted molar refractivity (Wildman–Crippen MR) is 155 cm³/mol. The first-order chi connectivity index (χ1) is 18.4. The smallest absolute Gasteiger partial charge is 0.297 e. The Hall–Kier alpha value is -3.52. The van der Waals surface area contributed by atoms with E-state index in [1.54, 1.807) is 30.2 Å². The van der Waals surface area contributed by atoms with Gasteiger partial charge in [-0.25, -0.2) is 9.67 Å². The number of hydrogen-bond acceptors (Lipinski definition) is 5. The molecule has 202 valence electrons. The lowest BCUT2D eigenvalue weighted by Gasteiger charge is -2.19. The number of para-hydroxylation sites is 1. The summed E-state index contributed by atoms with van der Waals surface area (Å²) in [7, 11) is 5.25. The third-order valence-electron chi connectivity index (χ3n) is 7.20. The molecule has 8 heteroatoms. The highest BCUT2D eigenvalue weighted by Crippen LogP contribution is 2.34. The Morgan fingerprint density at radius 2 is 1.82 bits per heavy atom. The molecule has 38 heavy (non-hydrogen) atoms. The summed E-state index contributed by atoms with van der Waals surface area (Å²) in [4.78, 5) is 19.4. The SMILES string of the molecule is CCCCC(CC)Cn1c(-c2cc(OC)ccc2OC)csc1=Nc1c(C)n(C)n(-c2ccccc2)c1=O. The molecule has 2 aromatic carbocycles. The van der Waals surface area contributed by atoms with Gasteiger partial charge in [0.25, 0.3) is 5.56 Å². The topological polar surface area (TPSA) is 62.7 Å². The summed E-state index contributed by atoms with van der Waals surface area (Å²) < 4.78 is 17.1. The van der Waals surface area contributed by atoms with E-state index >= 15 is 0 Å². The van der Waals surface area contributed by atoms with Crippen molar-refractivity contribution in [1.29, 1.82) is 0 Å². The molecule has 0 aliphatic rings. The molecule has 0 saturated carbocycles. The Morgan fingerprint density at radius 3 is 2.47 bits per heavy atom. The summed E-state index contributed by atoms with van der Waals surface area (Å²) in [5, 5.41) is 2.11. The third-order valence-corrected chi connectivity index (χ3v) is 8.06. The van der Waals surface area contributed by atoms with Gasteiger partial charge in [-0.3, -0.25) is 9.48 Å². The predicted octanol–water partition coefficient (Wildman–Crippen LogP) is 6.48. The van der Waals surface area contributed by atoms with E-state index < -0.39 is 0 Å². The number of unbranched alkanes of at least 4 members (excludes halogenated alkanes) is 1. The van der Waals surface area contributed by atoms with Crippen molar-refractivity contribution in [3.05, 3.63) is 74.8 Å². The van der Waals surface area contributed by atoms with E-state index in [0.29, 0.717) is 11.6 Å².